The molecule has 0 saturated heterocycles. The van der Waals surface area contributed by atoms with Gasteiger partial charge in [0, 0.05) is 32.7 Å². The molecule has 0 aliphatic carbocycles. The zero-order valence-corrected chi connectivity index (χ0v) is 11.6. The van der Waals surface area contributed by atoms with E-state index in [2.05, 4.69) is 5.32 Å². The maximum Gasteiger partial charge on any atom is 0.317 e. The minimum Gasteiger partial charge on any atom is -0.481 e. The van der Waals surface area contributed by atoms with Crippen molar-refractivity contribution in [2.45, 2.75) is 45.8 Å². The van der Waals surface area contributed by atoms with Crippen LogP contribution in [0.3, 0.4) is 0 Å². The van der Waals surface area contributed by atoms with E-state index in [9.17, 15) is 9.59 Å². The molecule has 0 aromatic carbocycles. The molecule has 106 valence electrons. The summed E-state index contributed by atoms with van der Waals surface area (Å²) in [5.41, 5.74) is 0. The number of ether oxygens (including phenoxy) is 1. The number of amides is 2. The molecular formula is C12H24N2O4. The van der Waals surface area contributed by atoms with E-state index in [4.69, 9.17) is 9.84 Å². The molecule has 0 aromatic heterocycles. The molecule has 0 saturated carbocycles. The summed E-state index contributed by atoms with van der Waals surface area (Å²) in [5, 5.41) is 11.3. The minimum absolute atomic E-state index is 0.0386. The van der Waals surface area contributed by atoms with Crippen molar-refractivity contribution < 1.29 is 19.4 Å². The maximum absolute atomic E-state index is 11.9. The van der Waals surface area contributed by atoms with E-state index in [0.717, 1.165) is 0 Å². The highest BCUT2D eigenvalue weighted by Crippen LogP contribution is 2.02. The first-order chi connectivity index (χ1) is 8.38. The van der Waals surface area contributed by atoms with Crippen LogP contribution in [-0.4, -0.2) is 54.4 Å². The average molecular weight is 260 g/mol. The van der Waals surface area contributed by atoms with Gasteiger partial charge < -0.3 is 20.1 Å². The van der Waals surface area contributed by atoms with Crippen LogP contribution < -0.4 is 5.32 Å². The van der Waals surface area contributed by atoms with E-state index in [1.807, 2.05) is 20.8 Å². The molecule has 0 heterocycles. The Kier molecular flexibility index (Phi) is 8.11. The number of carboxylic acid groups (broad SMARTS) is 1. The summed E-state index contributed by atoms with van der Waals surface area (Å²) in [6, 6.07) is -0.143. The smallest absolute Gasteiger partial charge is 0.317 e. The van der Waals surface area contributed by atoms with E-state index in [1.54, 1.807) is 12.0 Å². The Balaban J connectivity index is 4.15. The van der Waals surface area contributed by atoms with Crippen LogP contribution in [0.1, 0.15) is 33.6 Å². The first-order valence-electron chi connectivity index (χ1n) is 6.17. The second-order valence-corrected chi connectivity index (χ2v) is 4.52. The van der Waals surface area contributed by atoms with Crippen molar-refractivity contribution >= 4 is 12.0 Å². The van der Waals surface area contributed by atoms with Crippen LogP contribution in [-0.2, 0) is 9.53 Å². The van der Waals surface area contributed by atoms with Crippen molar-refractivity contribution in [2.75, 3.05) is 20.2 Å². The monoisotopic (exact) mass is 260 g/mol. The SMILES string of the molecule is COC(C)CNC(=O)N(CCCC(=O)O)C(C)C. The second-order valence-electron chi connectivity index (χ2n) is 4.52. The lowest BCUT2D eigenvalue weighted by Gasteiger charge is -2.27. The molecule has 0 aliphatic rings. The van der Waals surface area contributed by atoms with Gasteiger partial charge in [-0.3, -0.25) is 4.79 Å². The summed E-state index contributed by atoms with van der Waals surface area (Å²) in [7, 11) is 1.59. The van der Waals surface area contributed by atoms with Crippen LogP contribution in [0.25, 0.3) is 0 Å². The van der Waals surface area contributed by atoms with Crippen molar-refractivity contribution in [3.05, 3.63) is 0 Å². The molecule has 2 N–H and O–H groups in total. The number of urea groups is 1. The molecule has 0 aromatic rings. The highest BCUT2D eigenvalue weighted by Gasteiger charge is 2.17. The zero-order chi connectivity index (χ0) is 14.1. The normalized spacial score (nSPS) is 12.3. The standard InChI is InChI=1S/C12H24N2O4/c1-9(2)14(7-5-6-11(15)16)12(17)13-8-10(3)18-4/h9-10H,5-8H2,1-4H3,(H,13,17)(H,15,16). The molecule has 18 heavy (non-hydrogen) atoms. The molecule has 0 rings (SSSR count). The molecule has 0 spiro atoms. The van der Waals surface area contributed by atoms with Gasteiger partial charge >= 0.3 is 12.0 Å². The number of carbonyl (C=O) groups excluding carboxylic acids is 1. The largest absolute Gasteiger partial charge is 0.481 e. The fourth-order valence-corrected chi connectivity index (χ4v) is 1.41. The molecule has 0 radical (unpaired) electrons. The van der Waals surface area contributed by atoms with Crippen LogP contribution in [0.15, 0.2) is 0 Å². The number of carboxylic acids is 1. The van der Waals surface area contributed by atoms with Crippen LogP contribution in [0.5, 0.6) is 0 Å². The van der Waals surface area contributed by atoms with Crippen molar-refractivity contribution in [2.24, 2.45) is 0 Å². The van der Waals surface area contributed by atoms with Crippen molar-refractivity contribution in [1.29, 1.82) is 0 Å². The number of nitrogens with zero attached hydrogens (tertiary/aromatic N) is 1. The highest BCUT2D eigenvalue weighted by atomic mass is 16.5. The molecule has 1 atom stereocenters. The van der Waals surface area contributed by atoms with Gasteiger partial charge in [-0.05, 0) is 27.2 Å². The molecule has 0 aliphatic heterocycles. The number of rotatable bonds is 8. The van der Waals surface area contributed by atoms with Crippen LogP contribution in [0.2, 0.25) is 0 Å². The zero-order valence-electron chi connectivity index (χ0n) is 11.6. The van der Waals surface area contributed by atoms with E-state index in [0.29, 0.717) is 19.5 Å². The topological polar surface area (TPSA) is 78.9 Å². The predicted octanol–water partition coefficient (Wildman–Crippen LogP) is 1.31. The van der Waals surface area contributed by atoms with Crippen molar-refractivity contribution in [3.8, 4) is 0 Å². The van der Waals surface area contributed by atoms with Gasteiger partial charge in [0.2, 0.25) is 0 Å². The molecule has 6 nitrogen and oxygen atoms in total. The van der Waals surface area contributed by atoms with Gasteiger partial charge in [0.25, 0.3) is 0 Å². The quantitative estimate of drug-likeness (QED) is 0.689. The van der Waals surface area contributed by atoms with Crippen LogP contribution in [0, 0.1) is 0 Å². The van der Waals surface area contributed by atoms with Gasteiger partial charge in [0.1, 0.15) is 0 Å². The maximum atomic E-state index is 11.9. The number of nitrogens with one attached hydrogen (secondary N) is 1. The van der Waals surface area contributed by atoms with E-state index in [-0.39, 0.29) is 24.6 Å². The fraction of sp³-hybridized carbons (Fsp3) is 0.833. The summed E-state index contributed by atoms with van der Waals surface area (Å²) in [4.78, 5) is 24.0. The Morgan fingerprint density at radius 3 is 2.39 bits per heavy atom. The summed E-state index contributed by atoms with van der Waals surface area (Å²) >= 11 is 0. The van der Waals surface area contributed by atoms with Crippen LogP contribution >= 0.6 is 0 Å². The number of aliphatic carboxylic acids is 1. The Hall–Kier alpha value is -1.30. The fourth-order valence-electron chi connectivity index (χ4n) is 1.41. The Morgan fingerprint density at radius 2 is 1.94 bits per heavy atom. The molecule has 2 amide bonds. The van der Waals surface area contributed by atoms with E-state index < -0.39 is 5.97 Å². The molecule has 0 bridgehead atoms. The second kappa shape index (κ2) is 8.74. The Bertz CT molecular complexity index is 269. The van der Waals surface area contributed by atoms with Gasteiger partial charge in [0.15, 0.2) is 0 Å². The van der Waals surface area contributed by atoms with Crippen molar-refractivity contribution in [1.82, 2.24) is 10.2 Å². The van der Waals surface area contributed by atoms with E-state index in [1.165, 1.54) is 0 Å². The molecule has 0 fully saturated rings. The lowest BCUT2D eigenvalue weighted by Crippen LogP contribution is -2.46. The van der Waals surface area contributed by atoms with Gasteiger partial charge in [-0.15, -0.1) is 0 Å². The molecule has 1 unspecified atom stereocenters. The number of carbonyl (C=O) groups is 2. The van der Waals surface area contributed by atoms with Gasteiger partial charge in [0.05, 0.1) is 6.10 Å². The summed E-state index contributed by atoms with van der Waals surface area (Å²) < 4.78 is 5.04. The number of methoxy groups -OCH3 is 1. The van der Waals surface area contributed by atoms with Gasteiger partial charge in [-0.2, -0.15) is 0 Å². The minimum atomic E-state index is -0.841. The van der Waals surface area contributed by atoms with Crippen LogP contribution in [0.4, 0.5) is 4.79 Å². The third-order valence-electron chi connectivity index (χ3n) is 2.62. The highest BCUT2D eigenvalue weighted by molar-refractivity contribution is 5.74. The molecular weight excluding hydrogens is 236 g/mol. The summed E-state index contributed by atoms with van der Waals surface area (Å²) in [6.45, 7) is 6.55. The molecule has 6 heteroatoms. The predicted molar refractivity (Wildman–Crippen MR) is 68.6 cm³/mol. The van der Waals surface area contributed by atoms with Gasteiger partial charge in [-0.25, -0.2) is 4.79 Å². The first-order valence-corrected chi connectivity index (χ1v) is 6.17. The lowest BCUT2D eigenvalue weighted by atomic mass is 10.2. The first kappa shape index (κ1) is 16.7. The number of hydrogen-bond acceptors (Lipinski definition) is 3. The van der Waals surface area contributed by atoms with Crippen molar-refractivity contribution in [3.63, 3.8) is 0 Å². The van der Waals surface area contributed by atoms with Gasteiger partial charge in [-0.1, -0.05) is 0 Å². The Labute approximate surface area is 108 Å². The Morgan fingerprint density at radius 1 is 1.33 bits per heavy atom. The average Bonchev–Trinajstić information content (AvgIpc) is 2.30. The lowest BCUT2D eigenvalue weighted by molar-refractivity contribution is -0.137. The summed E-state index contributed by atoms with van der Waals surface area (Å²) in [5.74, 6) is -0.841. The third kappa shape index (κ3) is 7.11. The van der Waals surface area contributed by atoms with E-state index >= 15 is 0 Å². The third-order valence-corrected chi connectivity index (χ3v) is 2.62. The number of hydrogen-bond donors (Lipinski definition) is 2. The summed E-state index contributed by atoms with van der Waals surface area (Å²) in [6.07, 6.45) is 0.494.